The summed E-state index contributed by atoms with van der Waals surface area (Å²) in [5.74, 6) is 1.64. The molecule has 0 bridgehead atoms. The van der Waals surface area contributed by atoms with Gasteiger partial charge in [0, 0.05) is 0 Å². The van der Waals surface area contributed by atoms with E-state index in [1.165, 1.54) is 12.3 Å². The Labute approximate surface area is 71.7 Å². The Morgan fingerprint density at radius 3 is 1.50 bits per heavy atom. The molecule has 0 saturated carbocycles. The topological polar surface area (TPSA) is 0 Å². The first-order chi connectivity index (χ1) is 4.52. The van der Waals surface area contributed by atoms with Crippen LogP contribution in [0.5, 0.6) is 0 Å². The second-order valence-electron chi connectivity index (χ2n) is 3.66. The lowest BCUT2D eigenvalue weighted by atomic mass is 10.3. The molecule has 0 fully saturated rings. The zero-order chi connectivity index (χ0) is 8.15. The maximum atomic E-state index is 4.57. The first-order valence-corrected chi connectivity index (χ1v) is 6.82. The third-order valence-electron chi connectivity index (χ3n) is 1.15. The maximum Gasteiger partial charge on any atom is -0.0212 e. The molecule has 0 aromatic heterocycles. The summed E-state index contributed by atoms with van der Waals surface area (Å²) in [4.78, 5) is 0. The molecule has 0 atom stereocenters. The lowest BCUT2D eigenvalue weighted by molar-refractivity contribution is 0.723. The molecular weight excluding hydrogens is 159 g/mol. The zero-order valence-electron chi connectivity index (χ0n) is 7.46. The predicted molar refractivity (Wildman–Crippen MR) is 55.3 cm³/mol. The van der Waals surface area contributed by atoms with Crippen LogP contribution in [0, 0.1) is 11.8 Å². The molecule has 0 radical (unpaired) electrons. The summed E-state index contributed by atoms with van der Waals surface area (Å²) in [6.07, 6.45) is 2.63. The molecule has 0 saturated heterocycles. The fourth-order valence-corrected chi connectivity index (χ4v) is 4.71. The average Bonchev–Trinajstić information content (AvgIpc) is 1.58. The quantitative estimate of drug-likeness (QED) is 0.493. The lowest BCUT2D eigenvalue weighted by Crippen LogP contribution is -1.98. The van der Waals surface area contributed by atoms with Crippen molar-refractivity contribution < 1.29 is 0 Å². The van der Waals surface area contributed by atoms with Gasteiger partial charge in [0.05, 0.1) is 0 Å². The fourth-order valence-electron chi connectivity index (χ4n) is 0.918. The van der Waals surface area contributed by atoms with Crippen LogP contribution in [0.3, 0.4) is 0 Å². The molecule has 0 amide bonds. The Balaban J connectivity index is 3.34. The van der Waals surface area contributed by atoms with Gasteiger partial charge in [0.25, 0.3) is 0 Å². The van der Waals surface area contributed by atoms with Gasteiger partial charge in [-0.3, -0.25) is 0 Å². The van der Waals surface area contributed by atoms with E-state index in [1.807, 2.05) is 0 Å². The van der Waals surface area contributed by atoms with Crippen molar-refractivity contribution in [1.29, 1.82) is 0 Å². The SMILES string of the molecule is CC(C)CP(S)CC(C)C. The summed E-state index contributed by atoms with van der Waals surface area (Å²) in [5, 5.41) is 0. The highest BCUT2D eigenvalue weighted by Gasteiger charge is 2.06. The normalized spacial score (nSPS) is 12.0. The summed E-state index contributed by atoms with van der Waals surface area (Å²) in [5.41, 5.74) is 0. The van der Waals surface area contributed by atoms with E-state index < -0.39 is 0 Å². The molecule has 0 rings (SSSR count). The third kappa shape index (κ3) is 6.89. The second-order valence-corrected chi connectivity index (χ2v) is 7.10. The molecule has 0 aromatic carbocycles. The molecule has 0 aliphatic heterocycles. The Bertz CT molecular complexity index is 71.3. The monoisotopic (exact) mass is 178 g/mol. The van der Waals surface area contributed by atoms with Crippen LogP contribution in [-0.4, -0.2) is 12.3 Å². The standard InChI is InChI=1S/C8H19PS/c1-7(2)5-9(10)6-8(3)4/h7-8,10H,5-6H2,1-4H3. The van der Waals surface area contributed by atoms with Crippen molar-refractivity contribution in [2.24, 2.45) is 11.8 Å². The molecule has 0 aliphatic rings. The van der Waals surface area contributed by atoms with Gasteiger partial charge < -0.3 is 0 Å². The van der Waals surface area contributed by atoms with E-state index in [0.29, 0.717) is 0 Å². The second kappa shape index (κ2) is 5.43. The highest BCUT2D eigenvalue weighted by Crippen LogP contribution is 2.43. The van der Waals surface area contributed by atoms with Crippen LogP contribution in [0.25, 0.3) is 0 Å². The van der Waals surface area contributed by atoms with Crippen LogP contribution in [-0.2, 0) is 0 Å². The van der Waals surface area contributed by atoms with Crippen molar-refractivity contribution in [1.82, 2.24) is 0 Å². The predicted octanol–water partition coefficient (Wildman–Crippen LogP) is 3.63. The first kappa shape index (κ1) is 10.8. The Hall–Kier alpha value is 0.780. The maximum absolute atomic E-state index is 4.57. The molecular formula is C8H19PS. The zero-order valence-corrected chi connectivity index (χ0v) is 9.25. The summed E-state index contributed by atoms with van der Waals surface area (Å²) in [6, 6.07) is 0. The van der Waals surface area contributed by atoms with Crippen LogP contribution in [0.2, 0.25) is 0 Å². The largest absolute Gasteiger partial charge is 0.151 e. The van der Waals surface area contributed by atoms with Crippen molar-refractivity contribution >= 4 is 19.4 Å². The Morgan fingerprint density at radius 2 is 1.30 bits per heavy atom. The van der Waals surface area contributed by atoms with Gasteiger partial charge in [-0.2, -0.15) is 12.2 Å². The van der Waals surface area contributed by atoms with Crippen molar-refractivity contribution in [3.05, 3.63) is 0 Å². The van der Waals surface area contributed by atoms with Crippen molar-refractivity contribution in [2.75, 3.05) is 12.3 Å². The van der Waals surface area contributed by atoms with Gasteiger partial charge in [-0.05, 0) is 31.3 Å². The van der Waals surface area contributed by atoms with E-state index in [4.69, 9.17) is 0 Å². The molecule has 0 nitrogen and oxygen atoms in total. The molecule has 62 valence electrons. The van der Waals surface area contributed by atoms with E-state index in [0.717, 1.165) is 11.8 Å². The molecule has 0 heterocycles. The number of thiol groups is 1. The molecule has 2 heteroatoms. The van der Waals surface area contributed by atoms with Crippen LogP contribution in [0.4, 0.5) is 0 Å². The van der Waals surface area contributed by atoms with Crippen molar-refractivity contribution in [2.45, 2.75) is 27.7 Å². The molecule has 0 aromatic rings. The minimum absolute atomic E-state index is 0.0350. The van der Waals surface area contributed by atoms with Gasteiger partial charge in [-0.25, -0.2) is 0 Å². The first-order valence-electron chi connectivity index (χ1n) is 3.96. The number of hydrogen-bond donors (Lipinski definition) is 1. The summed E-state index contributed by atoms with van der Waals surface area (Å²) in [6.45, 7) is 9.08. The van der Waals surface area contributed by atoms with E-state index in [1.54, 1.807) is 0 Å². The average molecular weight is 178 g/mol. The minimum Gasteiger partial charge on any atom is -0.151 e. The Kier molecular flexibility index (Phi) is 5.86. The van der Waals surface area contributed by atoms with Gasteiger partial charge in [0.2, 0.25) is 0 Å². The lowest BCUT2D eigenvalue weighted by Gasteiger charge is -2.15. The van der Waals surface area contributed by atoms with Gasteiger partial charge in [-0.15, -0.1) is 0 Å². The van der Waals surface area contributed by atoms with E-state index >= 15 is 0 Å². The number of rotatable bonds is 4. The van der Waals surface area contributed by atoms with Crippen LogP contribution in [0.1, 0.15) is 27.7 Å². The molecule has 0 aliphatic carbocycles. The van der Waals surface area contributed by atoms with Crippen molar-refractivity contribution in [3.63, 3.8) is 0 Å². The van der Waals surface area contributed by atoms with Gasteiger partial charge in [0.15, 0.2) is 0 Å². The summed E-state index contributed by atoms with van der Waals surface area (Å²) < 4.78 is 0. The molecule has 0 N–H and O–H groups in total. The molecule has 10 heavy (non-hydrogen) atoms. The minimum atomic E-state index is 0.0350. The third-order valence-corrected chi connectivity index (χ3v) is 4.44. The van der Waals surface area contributed by atoms with E-state index in [9.17, 15) is 0 Å². The highest BCUT2D eigenvalue weighted by atomic mass is 32.7. The molecule has 0 spiro atoms. The highest BCUT2D eigenvalue weighted by molar-refractivity contribution is 8.45. The van der Waals surface area contributed by atoms with Gasteiger partial charge in [-0.1, -0.05) is 27.7 Å². The van der Waals surface area contributed by atoms with Crippen LogP contribution in [0.15, 0.2) is 0 Å². The van der Waals surface area contributed by atoms with Crippen molar-refractivity contribution in [3.8, 4) is 0 Å². The van der Waals surface area contributed by atoms with Gasteiger partial charge >= 0.3 is 0 Å². The molecule has 0 unspecified atom stereocenters. The van der Waals surface area contributed by atoms with Crippen LogP contribution >= 0.6 is 19.4 Å². The smallest absolute Gasteiger partial charge is 0.0212 e. The van der Waals surface area contributed by atoms with Crippen LogP contribution < -0.4 is 0 Å². The van der Waals surface area contributed by atoms with Gasteiger partial charge in [0.1, 0.15) is 0 Å². The summed E-state index contributed by atoms with van der Waals surface area (Å²) >= 11 is 4.57. The van der Waals surface area contributed by atoms with E-state index in [2.05, 4.69) is 39.9 Å². The van der Waals surface area contributed by atoms with E-state index in [-0.39, 0.29) is 7.12 Å². The Morgan fingerprint density at radius 1 is 1.00 bits per heavy atom. The fraction of sp³-hybridized carbons (Fsp3) is 1.00. The number of hydrogen-bond acceptors (Lipinski definition) is 1. The summed E-state index contributed by atoms with van der Waals surface area (Å²) in [7, 11) is 0.0350.